The van der Waals surface area contributed by atoms with Crippen LogP contribution in [0.2, 0.25) is 0 Å². The summed E-state index contributed by atoms with van der Waals surface area (Å²) in [5, 5.41) is 7.35. The third-order valence-corrected chi connectivity index (χ3v) is 0.101. The molecule has 0 aliphatic heterocycles. The number of hydrogen-bond donors (Lipinski definition) is 1. The SMILES string of the molecule is O=CC(=O)O.[NaH].[NaH]. The molecule has 0 unspecified atom stereocenters. The van der Waals surface area contributed by atoms with Gasteiger partial charge in [0, 0.05) is 0 Å². The second kappa shape index (κ2) is 10.2. The molecule has 0 fully saturated rings. The topological polar surface area (TPSA) is 54.4 Å². The summed E-state index contributed by atoms with van der Waals surface area (Å²) in [7, 11) is 0. The van der Waals surface area contributed by atoms with Crippen molar-refractivity contribution in [2.45, 2.75) is 0 Å². The minimum atomic E-state index is -1.43. The summed E-state index contributed by atoms with van der Waals surface area (Å²) in [5.41, 5.74) is 0. The van der Waals surface area contributed by atoms with Crippen LogP contribution >= 0.6 is 0 Å². The Morgan fingerprint density at radius 2 is 1.57 bits per heavy atom. The van der Waals surface area contributed by atoms with Crippen LogP contribution in [0, 0.1) is 0 Å². The van der Waals surface area contributed by atoms with Crippen molar-refractivity contribution in [3.05, 3.63) is 0 Å². The molecule has 0 saturated heterocycles. The first-order chi connectivity index (χ1) is 2.27. The molecular weight excluding hydrogens is 118 g/mol. The molecule has 0 aromatic heterocycles. The van der Waals surface area contributed by atoms with E-state index in [1.165, 1.54) is 0 Å². The van der Waals surface area contributed by atoms with Crippen molar-refractivity contribution in [3.8, 4) is 0 Å². The number of aldehydes is 1. The molecule has 0 amide bonds. The zero-order chi connectivity index (χ0) is 4.28. The summed E-state index contributed by atoms with van der Waals surface area (Å²) in [6.07, 6.45) is -0.167. The van der Waals surface area contributed by atoms with Crippen LogP contribution in [0.5, 0.6) is 0 Å². The quantitative estimate of drug-likeness (QED) is 0.248. The number of carbonyl (C=O) groups is 2. The van der Waals surface area contributed by atoms with Crippen LogP contribution in [0.1, 0.15) is 0 Å². The molecule has 0 bridgehead atoms. The first kappa shape index (κ1) is 15.7. The molecule has 0 rings (SSSR count). The molecule has 0 radical (unpaired) electrons. The van der Waals surface area contributed by atoms with Crippen molar-refractivity contribution in [2.24, 2.45) is 0 Å². The molecule has 3 nitrogen and oxygen atoms in total. The van der Waals surface area contributed by atoms with Gasteiger partial charge in [-0.05, 0) is 0 Å². The summed E-state index contributed by atoms with van der Waals surface area (Å²) in [6, 6.07) is 0. The third-order valence-electron chi connectivity index (χ3n) is 0.101. The number of hydrogen-bond acceptors (Lipinski definition) is 2. The average molecular weight is 122 g/mol. The van der Waals surface area contributed by atoms with Crippen LogP contribution < -0.4 is 0 Å². The standard InChI is InChI=1S/C2H2O3.2Na.2H/c3-1-2(4)5;;;;/h1H,(H,4,5);;;;. The zero-order valence-corrected chi connectivity index (χ0v) is 2.34. The van der Waals surface area contributed by atoms with Crippen molar-refractivity contribution in [1.82, 2.24) is 0 Å². The van der Waals surface area contributed by atoms with Gasteiger partial charge in [0.15, 0.2) is 0 Å². The molecule has 0 spiro atoms. The Labute approximate surface area is 85.0 Å². The van der Waals surface area contributed by atoms with Crippen LogP contribution in [-0.2, 0) is 9.59 Å². The maximum absolute atomic E-state index is 9.00. The molecule has 0 saturated carbocycles. The van der Waals surface area contributed by atoms with Gasteiger partial charge >= 0.3 is 65.1 Å². The second-order valence-corrected chi connectivity index (χ2v) is 0.456. The van der Waals surface area contributed by atoms with Crippen molar-refractivity contribution < 1.29 is 14.7 Å². The Kier molecular flexibility index (Phi) is 22.9. The molecule has 0 heterocycles. The molecule has 0 aliphatic carbocycles. The van der Waals surface area contributed by atoms with Gasteiger partial charge in [-0.25, -0.2) is 4.79 Å². The van der Waals surface area contributed by atoms with Crippen LogP contribution in [0.25, 0.3) is 0 Å². The molecule has 0 aromatic rings. The van der Waals surface area contributed by atoms with Gasteiger partial charge in [-0.2, -0.15) is 0 Å². The predicted octanol–water partition coefficient (Wildman–Crippen LogP) is -2.03. The first-order valence-electron chi connectivity index (χ1n) is 0.952. The van der Waals surface area contributed by atoms with Crippen molar-refractivity contribution in [3.63, 3.8) is 0 Å². The Bertz CT molecular complexity index is 62.0. The van der Waals surface area contributed by atoms with E-state index in [1.54, 1.807) is 0 Å². The summed E-state index contributed by atoms with van der Waals surface area (Å²) in [4.78, 5) is 17.9. The Hall–Kier alpha value is 1.14. The van der Waals surface area contributed by atoms with E-state index in [0.29, 0.717) is 0 Å². The summed E-state index contributed by atoms with van der Waals surface area (Å²) < 4.78 is 0. The fourth-order valence-electron chi connectivity index (χ4n) is 0. The van der Waals surface area contributed by atoms with E-state index in [1.807, 2.05) is 0 Å². The Morgan fingerprint density at radius 3 is 1.57 bits per heavy atom. The predicted molar refractivity (Wildman–Crippen MR) is 28.0 cm³/mol. The minimum absolute atomic E-state index is 0. The summed E-state index contributed by atoms with van der Waals surface area (Å²) in [6.45, 7) is 0. The molecule has 0 atom stereocenters. The van der Waals surface area contributed by atoms with Gasteiger partial charge in [0.1, 0.15) is 0 Å². The van der Waals surface area contributed by atoms with Crippen LogP contribution in [-0.4, -0.2) is 76.5 Å². The van der Waals surface area contributed by atoms with E-state index in [4.69, 9.17) is 14.7 Å². The van der Waals surface area contributed by atoms with Gasteiger partial charge in [0.05, 0.1) is 0 Å². The van der Waals surface area contributed by atoms with Gasteiger partial charge in [-0.1, -0.05) is 0 Å². The number of rotatable bonds is 1. The number of carbonyl (C=O) groups excluding carboxylic acids is 1. The summed E-state index contributed by atoms with van der Waals surface area (Å²) >= 11 is 0. The van der Waals surface area contributed by atoms with E-state index < -0.39 is 5.97 Å². The van der Waals surface area contributed by atoms with Gasteiger partial charge in [-0.15, -0.1) is 0 Å². The molecule has 32 valence electrons. The van der Waals surface area contributed by atoms with E-state index in [2.05, 4.69) is 0 Å². The van der Waals surface area contributed by atoms with Gasteiger partial charge in [0.25, 0.3) is 0 Å². The van der Waals surface area contributed by atoms with Gasteiger partial charge in [0.2, 0.25) is 6.29 Å². The van der Waals surface area contributed by atoms with Crippen molar-refractivity contribution in [1.29, 1.82) is 0 Å². The molecular formula is C2H4Na2O3. The fraction of sp³-hybridized carbons (Fsp3) is 0. The molecule has 0 aromatic carbocycles. The van der Waals surface area contributed by atoms with Crippen LogP contribution in [0.4, 0.5) is 0 Å². The van der Waals surface area contributed by atoms with Crippen LogP contribution in [0.15, 0.2) is 0 Å². The van der Waals surface area contributed by atoms with Crippen molar-refractivity contribution in [2.75, 3.05) is 0 Å². The van der Waals surface area contributed by atoms with Crippen LogP contribution in [0.3, 0.4) is 0 Å². The summed E-state index contributed by atoms with van der Waals surface area (Å²) in [5.74, 6) is -1.43. The average Bonchev–Trinajstić information content (AvgIpc) is 1.38. The second-order valence-electron chi connectivity index (χ2n) is 0.456. The molecule has 0 aliphatic rings. The molecule has 7 heavy (non-hydrogen) atoms. The van der Waals surface area contributed by atoms with E-state index in [-0.39, 0.29) is 65.4 Å². The monoisotopic (exact) mass is 122 g/mol. The van der Waals surface area contributed by atoms with E-state index in [9.17, 15) is 0 Å². The van der Waals surface area contributed by atoms with E-state index >= 15 is 0 Å². The maximum atomic E-state index is 9.00. The number of aliphatic carboxylic acids is 1. The first-order valence-corrected chi connectivity index (χ1v) is 0.952. The Morgan fingerprint density at radius 1 is 1.43 bits per heavy atom. The van der Waals surface area contributed by atoms with E-state index in [0.717, 1.165) is 0 Å². The zero-order valence-electron chi connectivity index (χ0n) is 2.34. The number of carboxylic acids is 1. The molecule has 1 N–H and O–H groups in total. The molecule has 5 heteroatoms. The third kappa shape index (κ3) is 19.1. The number of carboxylic acid groups (broad SMARTS) is 1. The van der Waals surface area contributed by atoms with Gasteiger partial charge < -0.3 is 5.11 Å². The Balaban J connectivity index is -0.0000000800. The van der Waals surface area contributed by atoms with Crippen molar-refractivity contribution >= 4 is 71.4 Å². The fourth-order valence-corrected chi connectivity index (χ4v) is 0. The van der Waals surface area contributed by atoms with Gasteiger partial charge in [-0.3, -0.25) is 4.79 Å². The normalized spacial score (nSPS) is 4.57.